The van der Waals surface area contributed by atoms with Crippen LogP contribution in [0.4, 0.5) is 4.39 Å². The molecule has 0 unspecified atom stereocenters. The van der Waals surface area contributed by atoms with Crippen molar-refractivity contribution in [2.45, 2.75) is 32.2 Å². The maximum Gasteiger partial charge on any atom is 0.270 e. The van der Waals surface area contributed by atoms with Crippen LogP contribution in [0.5, 0.6) is 0 Å². The van der Waals surface area contributed by atoms with Crippen LogP contribution in [0.2, 0.25) is 0 Å². The molecule has 0 atom stereocenters. The van der Waals surface area contributed by atoms with Crippen LogP contribution in [-0.2, 0) is 6.54 Å². The van der Waals surface area contributed by atoms with Gasteiger partial charge in [-0.25, -0.2) is 4.39 Å². The van der Waals surface area contributed by atoms with Gasteiger partial charge in [-0.05, 0) is 57.1 Å². The van der Waals surface area contributed by atoms with E-state index in [4.69, 9.17) is 4.52 Å². The molecule has 2 aliphatic heterocycles. The van der Waals surface area contributed by atoms with E-state index < -0.39 is 0 Å². The molecule has 5 rings (SSSR count). The first kappa shape index (κ1) is 18.4. The average molecular weight is 396 g/mol. The number of halogens is 1. The number of carbonyl (C=O) groups is 1. The van der Waals surface area contributed by atoms with Crippen molar-refractivity contribution in [2.75, 3.05) is 32.7 Å². The highest BCUT2D eigenvalue weighted by atomic mass is 19.1. The van der Waals surface area contributed by atoms with Gasteiger partial charge in [0.2, 0.25) is 0 Å². The van der Waals surface area contributed by atoms with Crippen LogP contribution >= 0.6 is 0 Å². The molecule has 0 bridgehead atoms. The van der Waals surface area contributed by atoms with E-state index >= 15 is 0 Å². The summed E-state index contributed by atoms with van der Waals surface area (Å²) < 4.78 is 20.8. The average Bonchev–Trinajstić information content (AvgIpc) is 3.32. The summed E-state index contributed by atoms with van der Waals surface area (Å²) in [5.74, 6) is 0.172. The second-order valence-electron chi connectivity index (χ2n) is 8.13. The number of amides is 1. The molecule has 1 fully saturated rings. The molecule has 0 spiro atoms. The topological polar surface area (TPSA) is 54.5 Å². The molecule has 2 aliphatic rings. The third kappa shape index (κ3) is 3.33. The van der Waals surface area contributed by atoms with Gasteiger partial charge in [-0.2, -0.15) is 0 Å². The number of carbonyl (C=O) groups excluding carboxylic acids is 1. The molecule has 6 nitrogen and oxygen atoms in total. The molecule has 29 heavy (non-hydrogen) atoms. The number of aryl methyl sites for hydroxylation is 1. The number of hydrogen-bond donors (Lipinski definition) is 0. The van der Waals surface area contributed by atoms with Crippen molar-refractivity contribution in [3.05, 3.63) is 53.2 Å². The van der Waals surface area contributed by atoms with Crippen LogP contribution in [0, 0.1) is 12.7 Å². The summed E-state index contributed by atoms with van der Waals surface area (Å²) in [7, 11) is 0. The summed E-state index contributed by atoms with van der Waals surface area (Å²) in [6.45, 7) is 7.30. The summed E-state index contributed by atoms with van der Waals surface area (Å²) in [4.78, 5) is 17.1. The van der Waals surface area contributed by atoms with E-state index in [1.165, 1.54) is 12.1 Å². The molecule has 3 aromatic rings. The van der Waals surface area contributed by atoms with E-state index in [-0.39, 0.29) is 11.7 Å². The van der Waals surface area contributed by atoms with Crippen molar-refractivity contribution in [3.63, 3.8) is 0 Å². The summed E-state index contributed by atoms with van der Waals surface area (Å²) in [6.07, 6.45) is 1.99. The van der Waals surface area contributed by atoms with Crippen LogP contribution in [0.1, 0.15) is 40.6 Å². The van der Waals surface area contributed by atoms with Crippen molar-refractivity contribution in [1.29, 1.82) is 0 Å². The van der Waals surface area contributed by atoms with Crippen molar-refractivity contribution >= 4 is 16.9 Å². The van der Waals surface area contributed by atoms with Gasteiger partial charge in [-0.3, -0.25) is 4.79 Å². The fourth-order valence-corrected chi connectivity index (χ4v) is 4.67. The third-order valence-electron chi connectivity index (χ3n) is 6.42. The van der Waals surface area contributed by atoms with Crippen LogP contribution in [0.3, 0.4) is 0 Å². The van der Waals surface area contributed by atoms with E-state index in [0.717, 1.165) is 74.6 Å². The number of aromatic nitrogens is 2. The van der Waals surface area contributed by atoms with Gasteiger partial charge in [0.1, 0.15) is 11.5 Å². The van der Waals surface area contributed by atoms with Gasteiger partial charge in [-0.15, -0.1) is 0 Å². The molecule has 152 valence electrons. The van der Waals surface area contributed by atoms with Gasteiger partial charge in [0.15, 0.2) is 5.58 Å². The Bertz CT molecular complexity index is 1050. The maximum absolute atomic E-state index is 13.4. The molecule has 4 heterocycles. The molecule has 0 N–H and O–H groups in total. The molecule has 2 aromatic heterocycles. The zero-order valence-corrected chi connectivity index (χ0v) is 16.6. The number of nitrogens with zero attached hydrogens (tertiary/aromatic N) is 4. The monoisotopic (exact) mass is 396 g/mol. The molecule has 0 aliphatic carbocycles. The van der Waals surface area contributed by atoms with E-state index in [1.807, 2.05) is 24.0 Å². The Balaban J connectivity index is 1.17. The summed E-state index contributed by atoms with van der Waals surface area (Å²) in [5.41, 5.74) is 3.42. The second-order valence-corrected chi connectivity index (χ2v) is 8.13. The zero-order chi connectivity index (χ0) is 20.0. The lowest BCUT2D eigenvalue weighted by molar-refractivity contribution is 0.0673. The normalized spacial score (nSPS) is 18.6. The van der Waals surface area contributed by atoms with Crippen molar-refractivity contribution in [1.82, 2.24) is 19.5 Å². The minimum absolute atomic E-state index is 0.139. The molecule has 0 saturated carbocycles. The summed E-state index contributed by atoms with van der Waals surface area (Å²) >= 11 is 0. The predicted molar refractivity (Wildman–Crippen MR) is 107 cm³/mol. The van der Waals surface area contributed by atoms with E-state index in [2.05, 4.69) is 14.6 Å². The smallest absolute Gasteiger partial charge is 0.270 e. The summed E-state index contributed by atoms with van der Waals surface area (Å²) in [5, 5.41) is 5.14. The zero-order valence-electron chi connectivity index (χ0n) is 16.6. The maximum atomic E-state index is 13.4. The Hall–Kier alpha value is -2.67. The highest BCUT2D eigenvalue weighted by Gasteiger charge is 2.28. The van der Waals surface area contributed by atoms with Crippen molar-refractivity contribution in [2.24, 2.45) is 0 Å². The quantitative estimate of drug-likeness (QED) is 0.678. The SMILES string of the molecule is Cc1ccc2n1CCN(CCN1CCC(c3noc4cc(F)ccc34)CC1)C2=O. The molecule has 1 saturated heterocycles. The third-order valence-corrected chi connectivity index (χ3v) is 6.42. The van der Waals surface area contributed by atoms with Crippen LogP contribution < -0.4 is 0 Å². The fraction of sp³-hybridized carbons (Fsp3) is 0.455. The predicted octanol–water partition coefficient (Wildman–Crippen LogP) is 3.41. The first-order valence-electron chi connectivity index (χ1n) is 10.3. The molecular formula is C22H25FN4O2. The second kappa shape index (κ2) is 7.30. The highest BCUT2D eigenvalue weighted by Crippen LogP contribution is 2.32. The van der Waals surface area contributed by atoms with Gasteiger partial charge in [0.05, 0.1) is 5.69 Å². The highest BCUT2D eigenvalue weighted by molar-refractivity contribution is 5.93. The van der Waals surface area contributed by atoms with Gasteiger partial charge in [0.25, 0.3) is 5.91 Å². The molecule has 1 aromatic carbocycles. The standard InChI is InChI=1S/C22H25FN4O2/c1-15-2-5-19-22(28)26(12-13-27(15)19)11-10-25-8-6-16(7-9-25)21-18-4-3-17(23)14-20(18)29-24-21/h2-5,14,16H,6-13H2,1H3. The largest absolute Gasteiger partial charge is 0.356 e. The van der Waals surface area contributed by atoms with Crippen molar-refractivity contribution in [3.8, 4) is 0 Å². The van der Waals surface area contributed by atoms with Crippen LogP contribution in [-0.4, -0.2) is 58.2 Å². The van der Waals surface area contributed by atoms with Gasteiger partial charge < -0.3 is 18.9 Å². The number of likely N-dealkylation sites (tertiary alicyclic amines) is 1. The first-order valence-corrected chi connectivity index (χ1v) is 10.3. The molecule has 0 radical (unpaired) electrons. The molecular weight excluding hydrogens is 371 g/mol. The Morgan fingerprint density at radius 2 is 1.93 bits per heavy atom. The van der Waals surface area contributed by atoms with E-state index in [1.54, 1.807) is 6.07 Å². The first-order chi connectivity index (χ1) is 14.1. The lowest BCUT2D eigenvalue weighted by atomic mass is 9.91. The minimum Gasteiger partial charge on any atom is -0.356 e. The number of piperidine rings is 1. The Kier molecular flexibility index (Phi) is 4.62. The Labute approximate surface area is 168 Å². The van der Waals surface area contributed by atoms with E-state index in [0.29, 0.717) is 11.5 Å². The minimum atomic E-state index is -0.301. The van der Waals surface area contributed by atoms with Gasteiger partial charge in [0, 0.05) is 49.2 Å². The number of benzene rings is 1. The Morgan fingerprint density at radius 3 is 2.76 bits per heavy atom. The fourth-order valence-electron chi connectivity index (χ4n) is 4.67. The van der Waals surface area contributed by atoms with Crippen molar-refractivity contribution < 1.29 is 13.7 Å². The Morgan fingerprint density at radius 1 is 1.10 bits per heavy atom. The van der Waals surface area contributed by atoms with E-state index in [9.17, 15) is 9.18 Å². The molecule has 1 amide bonds. The lowest BCUT2D eigenvalue weighted by Crippen LogP contribution is -2.45. The lowest BCUT2D eigenvalue weighted by Gasteiger charge is -2.34. The van der Waals surface area contributed by atoms with Gasteiger partial charge in [-0.1, -0.05) is 5.16 Å². The van der Waals surface area contributed by atoms with Crippen LogP contribution in [0.15, 0.2) is 34.9 Å². The molecule has 7 heteroatoms. The number of fused-ring (bicyclic) bond motifs is 2. The van der Waals surface area contributed by atoms with Crippen LogP contribution in [0.25, 0.3) is 11.0 Å². The number of hydrogen-bond acceptors (Lipinski definition) is 4. The number of rotatable bonds is 4. The van der Waals surface area contributed by atoms with Gasteiger partial charge >= 0.3 is 0 Å². The summed E-state index contributed by atoms with van der Waals surface area (Å²) in [6, 6.07) is 8.58.